The van der Waals surface area contributed by atoms with Gasteiger partial charge in [-0.3, -0.25) is 4.79 Å². The van der Waals surface area contributed by atoms with Gasteiger partial charge in [0, 0.05) is 12.7 Å². The smallest absolute Gasteiger partial charge is 0.272 e. The zero-order valence-corrected chi connectivity index (χ0v) is 16.2. The van der Waals surface area contributed by atoms with Crippen molar-refractivity contribution in [1.29, 1.82) is 0 Å². The summed E-state index contributed by atoms with van der Waals surface area (Å²) in [4.78, 5) is 12.4. The van der Waals surface area contributed by atoms with E-state index in [1.807, 2.05) is 6.92 Å². The predicted molar refractivity (Wildman–Crippen MR) is 104 cm³/mol. The van der Waals surface area contributed by atoms with Gasteiger partial charge in [-0.1, -0.05) is 17.7 Å². The van der Waals surface area contributed by atoms with Crippen LogP contribution in [-0.2, 0) is 6.54 Å². The van der Waals surface area contributed by atoms with Gasteiger partial charge in [-0.2, -0.15) is 5.10 Å². The molecule has 0 atom stereocenters. The van der Waals surface area contributed by atoms with E-state index in [4.69, 9.17) is 21.1 Å². The second-order valence-corrected chi connectivity index (χ2v) is 6.26. The molecule has 1 aromatic heterocycles. The highest BCUT2D eigenvalue weighted by Gasteiger charge is 2.14. The van der Waals surface area contributed by atoms with Crippen molar-refractivity contribution in [2.45, 2.75) is 13.5 Å². The van der Waals surface area contributed by atoms with Crippen LogP contribution in [0.25, 0.3) is 5.69 Å². The highest BCUT2D eigenvalue weighted by Crippen LogP contribution is 2.36. The van der Waals surface area contributed by atoms with Gasteiger partial charge in [0.1, 0.15) is 5.82 Å². The van der Waals surface area contributed by atoms with Crippen molar-refractivity contribution in [2.75, 3.05) is 13.7 Å². The van der Waals surface area contributed by atoms with E-state index in [2.05, 4.69) is 10.4 Å². The molecule has 0 bridgehead atoms. The summed E-state index contributed by atoms with van der Waals surface area (Å²) in [7, 11) is 1.52. The van der Waals surface area contributed by atoms with E-state index in [-0.39, 0.29) is 24.0 Å². The first-order chi connectivity index (χ1) is 13.5. The van der Waals surface area contributed by atoms with Crippen molar-refractivity contribution in [3.63, 3.8) is 0 Å². The maximum atomic E-state index is 13.3. The zero-order valence-electron chi connectivity index (χ0n) is 15.4. The molecule has 6 nitrogen and oxygen atoms in total. The lowest BCUT2D eigenvalue weighted by Gasteiger charge is -2.13. The van der Waals surface area contributed by atoms with Crippen molar-refractivity contribution in [1.82, 2.24) is 15.1 Å². The molecule has 3 rings (SSSR count). The third-order valence-electron chi connectivity index (χ3n) is 3.93. The van der Waals surface area contributed by atoms with Crippen LogP contribution in [0.1, 0.15) is 23.0 Å². The fourth-order valence-electron chi connectivity index (χ4n) is 2.64. The van der Waals surface area contributed by atoms with Gasteiger partial charge in [-0.15, -0.1) is 0 Å². The summed E-state index contributed by atoms with van der Waals surface area (Å²) in [5.41, 5.74) is 1.50. The average Bonchev–Trinajstić information content (AvgIpc) is 3.18. The van der Waals surface area contributed by atoms with Crippen molar-refractivity contribution in [3.05, 3.63) is 70.8 Å². The summed E-state index contributed by atoms with van der Waals surface area (Å²) < 4.78 is 25.6. The number of hydrogen-bond donors (Lipinski definition) is 1. The molecule has 0 aliphatic rings. The molecule has 0 saturated carbocycles. The van der Waals surface area contributed by atoms with E-state index in [1.54, 1.807) is 36.5 Å². The Morgan fingerprint density at radius 3 is 2.82 bits per heavy atom. The Morgan fingerprint density at radius 1 is 1.29 bits per heavy atom. The number of hydrogen-bond acceptors (Lipinski definition) is 4. The number of nitrogens with one attached hydrogen (secondary N) is 1. The molecule has 0 aliphatic heterocycles. The highest BCUT2D eigenvalue weighted by atomic mass is 35.5. The van der Waals surface area contributed by atoms with Crippen LogP contribution in [0.5, 0.6) is 11.5 Å². The fraction of sp³-hybridized carbons (Fsp3) is 0.200. The molecule has 1 N–H and O–H groups in total. The quantitative estimate of drug-likeness (QED) is 0.647. The maximum absolute atomic E-state index is 13.3. The molecule has 0 radical (unpaired) electrons. The Bertz CT molecular complexity index is 991. The lowest BCUT2D eigenvalue weighted by Crippen LogP contribution is -2.23. The van der Waals surface area contributed by atoms with Crippen molar-refractivity contribution >= 4 is 17.5 Å². The van der Waals surface area contributed by atoms with Gasteiger partial charge >= 0.3 is 0 Å². The minimum atomic E-state index is -0.375. The topological polar surface area (TPSA) is 65.4 Å². The average molecular weight is 404 g/mol. The second kappa shape index (κ2) is 8.75. The summed E-state index contributed by atoms with van der Waals surface area (Å²) in [6.45, 7) is 2.54. The van der Waals surface area contributed by atoms with E-state index in [1.165, 1.54) is 23.9 Å². The van der Waals surface area contributed by atoms with Crippen LogP contribution >= 0.6 is 11.6 Å². The Labute approximate surface area is 166 Å². The van der Waals surface area contributed by atoms with E-state index >= 15 is 0 Å². The molecule has 0 saturated heterocycles. The Kier molecular flexibility index (Phi) is 6.16. The molecule has 0 aliphatic carbocycles. The highest BCUT2D eigenvalue weighted by molar-refractivity contribution is 6.32. The summed E-state index contributed by atoms with van der Waals surface area (Å²) in [6.07, 6.45) is 1.60. The first kappa shape index (κ1) is 19.7. The molecule has 2 aromatic carbocycles. The molecule has 0 unspecified atom stereocenters. The van der Waals surface area contributed by atoms with Gasteiger partial charge in [0.2, 0.25) is 0 Å². The minimum Gasteiger partial charge on any atom is -0.493 e. The van der Waals surface area contributed by atoms with Crippen LogP contribution in [0.2, 0.25) is 5.02 Å². The SMILES string of the molecule is CCOc1c(Cl)cc(CNC(=O)c2ccn(-c3cccc(F)c3)n2)cc1OC. The number of ether oxygens (including phenoxy) is 2. The number of benzene rings is 2. The second-order valence-electron chi connectivity index (χ2n) is 5.85. The molecule has 1 amide bonds. The van der Waals surface area contributed by atoms with Crippen LogP contribution in [0.3, 0.4) is 0 Å². The normalized spacial score (nSPS) is 10.6. The molecule has 28 heavy (non-hydrogen) atoms. The van der Waals surface area contributed by atoms with Gasteiger partial charge in [0.15, 0.2) is 17.2 Å². The maximum Gasteiger partial charge on any atom is 0.272 e. The summed E-state index contributed by atoms with van der Waals surface area (Å²) >= 11 is 6.24. The molecule has 1 heterocycles. The number of rotatable bonds is 7. The van der Waals surface area contributed by atoms with Crippen LogP contribution in [0.4, 0.5) is 4.39 Å². The Balaban J connectivity index is 1.70. The number of aromatic nitrogens is 2. The molecule has 8 heteroatoms. The number of carbonyl (C=O) groups is 1. The Morgan fingerprint density at radius 2 is 2.11 bits per heavy atom. The standard InChI is InChI=1S/C20H19ClFN3O3/c1-3-28-19-16(21)9-13(10-18(19)27-2)12-23-20(26)17-7-8-25(24-17)15-6-4-5-14(22)11-15/h4-11H,3,12H2,1-2H3,(H,23,26). The first-order valence-electron chi connectivity index (χ1n) is 8.60. The van der Waals surface area contributed by atoms with Crippen molar-refractivity contribution < 1.29 is 18.7 Å². The molecular weight excluding hydrogens is 385 g/mol. The Hall–Kier alpha value is -3.06. The molecular formula is C20H19ClFN3O3. The third kappa shape index (κ3) is 4.43. The summed E-state index contributed by atoms with van der Waals surface area (Å²) in [6, 6.07) is 11.0. The van der Waals surface area contributed by atoms with E-state index < -0.39 is 0 Å². The van der Waals surface area contributed by atoms with E-state index in [9.17, 15) is 9.18 Å². The van der Waals surface area contributed by atoms with Crippen LogP contribution < -0.4 is 14.8 Å². The predicted octanol–water partition coefficient (Wildman–Crippen LogP) is 4.00. The van der Waals surface area contributed by atoms with Gasteiger partial charge in [0.25, 0.3) is 5.91 Å². The van der Waals surface area contributed by atoms with Gasteiger partial charge in [0.05, 0.1) is 24.4 Å². The van der Waals surface area contributed by atoms with Gasteiger partial charge in [-0.05, 0) is 48.9 Å². The monoisotopic (exact) mass is 403 g/mol. The minimum absolute atomic E-state index is 0.216. The summed E-state index contributed by atoms with van der Waals surface area (Å²) in [5, 5.41) is 7.37. The largest absolute Gasteiger partial charge is 0.493 e. The number of methoxy groups -OCH3 is 1. The third-order valence-corrected chi connectivity index (χ3v) is 4.21. The molecule has 0 spiro atoms. The van der Waals surface area contributed by atoms with Crippen molar-refractivity contribution in [2.24, 2.45) is 0 Å². The van der Waals surface area contributed by atoms with Crippen LogP contribution in [0.15, 0.2) is 48.7 Å². The van der Waals surface area contributed by atoms with E-state index in [0.717, 1.165) is 5.56 Å². The van der Waals surface area contributed by atoms with Crippen LogP contribution in [-0.4, -0.2) is 29.4 Å². The van der Waals surface area contributed by atoms with Crippen molar-refractivity contribution in [3.8, 4) is 17.2 Å². The van der Waals surface area contributed by atoms with Crippen LogP contribution in [0, 0.1) is 5.82 Å². The fourth-order valence-corrected chi connectivity index (χ4v) is 2.93. The lowest BCUT2D eigenvalue weighted by molar-refractivity contribution is 0.0945. The summed E-state index contributed by atoms with van der Waals surface area (Å²) in [5.74, 6) is 0.226. The van der Waals surface area contributed by atoms with E-state index in [0.29, 0.717) is 28.8 Å². The number of nitrogens with zero attached hydrogens (tertiary/aromatic N) is 2. The zero-order chi connectivity index (χ0) is 20.1. The number of carbonyl (C=O) groups excluding carboxylic acids is 1. The van der Waals surface area contributed by atoms with Gasteiger partial charge in [-0.25, -0.2) is 9.07 Å². The molecule has 3 aromatic rings. The number of halogens is 2. The van der Waals surface area contributed by atoms with Gasteiger partial charge < -0.3 is 14.8 Å². The molecule has 146 valence electrons. The lowest BCUT2D eigenvalue weighted by atomic mass is 10.2. The molecule has 0 fully saturated rings. The number of amides is 1. The first-order valence-corrected chi connectivity index (χ1v) is 8.98.